The summed E-state index contributed by atoms with van der Waals surface area (Å²) < 4.78 is 0. The van der Waals surface area contributed by atoms with Gasteiger partial charge in [-0.05, 0) is 31.5 Å². The van der Waals surface area contributed by atoms with Crippen LogP contribution in [-0.2, 0) is 6.54 Å². The van der Waals surface area contributed by atoms with Crippen molar-refractivity contribution in [2.75, 3.05) is 18.4 Å². The first-order valence-corrected chi connectivity index (χ1v) is 6.98. The fourth-order valence-corrected chi connectivity index (χ4v) is 1.94. The van der Waals surface area contributed by atoms with E-state index in [9.17, 15) is 4.79 Å². The number of carbonyl (C=O) groups is 1. The maximum absolute atomic E-state index is 12.2. The van der Waals surface area contributed by atoms with Crippen molar-refractivity contribution in [3.05, 3.63) is 48.2 Å². The van der Waals surface area contributed by atoms with Crippen molar-refractivity contribution < 1.29 is 4.79 Å². The van der Waals surface area contributed by atoms with E-state index in [-0.39, 0.29) is 5.91 Å². The summed E-state index contributed by atoms with van der Waals surface area (Å²) in [6.45, 7) is 5.85. The lowest BCUT2D eigenvalue weighted by Crippen LogP contribution is -2.31. The van der Waals surface area contributed by atoms with Crippen LogP contribution in [0, 0.1) is 0 Å². The van der Waals surface area contributed by atoms with Crippen LogP contribution in [0.3, 0.4) is 0 Å². The van der Waals surface area contributed by atoms with Crippen LogP contribution >= 0.6 is 0 Å². The average Bonchev–Trinajstić information content (AvgIpc) is 2.55. The van der Waals surface area contributed by atoms with Gasteiger partial charge in [-0.3, -0.25) is 9.78 Å². The van der Waals surface area contributed by atoms with Gasteiger partial charge in [-0.25, -0.2) is 9.97 Å². The third kappa shape index (κ3) is 3.98. The Morgan fingerprint density at radius 3 is 2.57 bits per heavy atom. The first kappa shape index (κ1) is 14.9. The molecule has 1 amide bonds. The van der Waals surface area contributed by atoms with E-state index in [4.69, 9.17) is 0 Å². The van der Waals surface area contributed by atoms with Gasteiger partial charge in [-0.2, -0.15) is 0 Å². The highest BCUT2D eigenvalue weighted by atomic mass is 16.2. The second kappa shape index (κ2) is 7.33. The van der Waals surface area contributed by atoms with Gasteiger partial charge in [0, 0.05) is 38.1 Å². The van der Waals surface area contributed by atoms with Crippen LogP contribution in [0.1, 0.15) is 29.9 Å². The van der Waals surface area contributed by atoms with E-state index < -0.39 is 0 Å². The molecule has 2 rings (SSSR count). The molecule has 0 aliphatic carbocycles. The van der Waals surface area contributed by atoms with Crippen molar-refractivity contribution in [1.82, 2.24) is 19.9 Å². The molecule has 110 valence electrons. The zero-order valence-electron chi connectivity index (χ0n) is 12.3. The van der Waals surface area contributed by atoms with Gasteiger partial charge in [0.1, 0.15) is 17.8 Å². The van der Waals surface area contributed by atoms with Crippen LogP contribution in [0.5, 0.6) is 0 Å². The molecule has 21 heavy (non-hydrogen) atoms. The molecule has 0 aliphatic rings. The highest BCUT2D eigenvalue weighted by Gasteiger charge is 2.14. The lowest BCUT2D eigenvalue weighted by atomic mass is 10.2. The van der Waals surface area contributed by atoms with Crippen molar-refractivity contribution in [1.29, 1.82) is 0 Å². The molecule has 2 aromatic rings. The Morgan fingerprint density at radius 2 is 1.90 bits per heavy atom. The SMILES string of the molecule is CCN(CC)C(=O)c1cc(NCc2ccncc2)ncn1. The Morgan fingerprint density at radius 1 is 1.19 bits per heavy atom. The summed E-state index contributed by atoms with van der Waals surface area (Å²) in [5.74, 6) is 0.562. The molecular weight excluding hydrogens is 266 g/mol. The number of anilines is 1. The van der Waals surface area contributed by atoms with E-state index in [0.717, 1.165) is 5.56 Å². The monoisotopic (exact) mass is 285 g/mol. The van der Waals surface area contributed by atoms with E-state index in [1.165, 1.54) is 6.33 Å². The molecule has 1 N–H and O–H groups in total. The number of amides is 1. The van der Waals surface area contributed by atoms with E-state index in [1.807, 2.05) is 26.0 Å². The molecule has 6 heteroatoms. The second-order valence-electron chi connectivity index (χ2n) is 4.47. The fourth-order valence-electron chi connectivity index (χ4n) is 1.94. The quantitative estimate of drug-likeness (QED) is 0.878. The van der Waals surface area contributed by atoms with Crippen molar-refractivity contribution in [3.63, 3.8) is 0 Å². The second-order valence-corrected chi connectivity index (χ2v) is 4.47. The lowest BCUT2D eigenvalue weighted by molar-refractivity contribution is 0.0767. The zero-order chi connectivity index (χ0) is 15.1. The summed E-state index contributed by atoms with van der Waals surface area (Å²) in [7, 11) is 0. The Hall–Kier alpha value is -2.50. The van der Waals surface area contributed by atoms with Crippen LogP contribution in [0.4, 0.5) is 5.82 Å². The summed E-state index contributed by atoms with van der Waals surface area (Å²) in [5.41, 5.74) is 1.51. The number of hydrogen-bond donors (Lipinski definition) is 1. The summed E-state index contributed by atoms with van der Waals surface area (Å²) in [6, 6.07) is 5.54. The molecule has 2 heterocycles. The normalized spacial score (nSPS) is 10.2. The third-order valence-corrected chi connectivity index (χ3v) is 3.16. The van der Waals surface area contributed by atoms with Gasteiger partial charge in [0.05, 0.1) is 0 Å². The molecule has 0 spiro atoms. The largest absolute Gasteiger partial charge is 0.366 e. The van der Waals surface area contributed by atoms with Gasteiger partial charge >= 0.3 is 0 Å². The number of pyridine rings is 1. The Balaban J connectivity index is 2.05. The summed E-state index contributed by atoms with van der Waals surface area (Å²) >= 11 is 0. The number of rotatable bonds is 6. The molecule has 6 nitrogen and oxygen atoms in total. The van der Waals surface area contributed by atoms with E-state index in [1.54, 1.807) is 23.4 Å². The number of aromatic nitrogens is 3. The molecule has 0 radical (unpaired) electrons. The summed E-state index contributed by atoms with van der Waals surface area (Å²) in [5, 5.41) is 3.18. The molecule has 2 aromatic heterocycles. The van der Waals surface area contributed by atoms with E-state index in [0.29, 0.717) is 31.1 Å². The molecule has 0 saturated carbocycles. The molecule has 0 saturated heterocycles. The fraction of sp³-hybridized carbons (Fsp3) is 0.333. The predicted molar refractivity (Wildman–Crippen MR) is 80.8 cm³/mol. The van der Waals surface area contributed by atoms with Gasteiger partial charge in [0.15, 0.2) is 0 Å². The Labute approximate surface area is 124 Å². The van der Waals surface area contributed by atoms with Gasteiger partial charge in [-0.1, -0.05) is 0 Å². The first-order chi connectivity index (χ1) is 10.2. The minimum atomic E-state index is -0.0747. The van der Waals surface area contributed by atoms with Crippen molar-refractivity contribution >= 4 is 11.7 Å². The highest BCUT2D eigenvalue weighted by molar-refractivity contribution is 5.92. The Bertz CT molecular complexity index is 584. The van der Waals surface area contributed by atoms with Crippen LogP contribution in [-0.4, -0.2) is 38.8 Å². The minimum absolute atomic E-state index is 0.0747. The van der Waals surface area contributed by atoms with Crippen LogP contribution in [0.2, 0.25) is 0 Å². The molecular formula is C15H19N5O. The zero-order valence-corrected chi connectivity index (χ0v) is 12.3. The molecule has 0 atom stereocenters. The molecule has 0 bridgehead atoms. The van der Waals surface area contributed by atoms with Crippen molar-refractivity contribution in [3.8, 4) is 0 Å². The van der Waals surface area contributed by atoms with Gasteiger partial charge in [-0.15, -0.1) is 0 Å². The highest BCUT2D eigenvalue weighted by Crippen LogP contribution is 2.09. The van der Waals surface area contributed by atoms with Crippen LogP contribution in [0.15, 0.2) is 36.9 Å². The predicted octanol–water partition coefficient (Wildman–Crippen LogP) is 1.97. The Kier molecular flexibility index (Phi) is 5.20. The van der Waals surface area contributed by atoms with Crippen molar-refractivity contribution in [2.45, 2.75) is 20.4 Å². The number of nitrogens with zero attached hydrogens (tertiary/aromatic N) is 4. The van der Waals surface area contributed by atoms with E-state index in [2.05, 4.69) is 20.3 Å². The molecule has 0 fully saturated rings. The average molecular weight is 285 g/mol. The van der Waals surface area contributed by atoms with E-state index >= 15 is 0 Å². The lowest BCUT2D eigenvalue weighted by Gasteiger charge is -2.18. The molecule has 0 aromatic carbocycles. The van der Waals surface area contributed by atoms with Crippen LogP contribution in [0.25, 0.3) is 0 Å². The number of nitrogens with one attached hydrogen (secondary N) is 1. The standard InChI is InChI=1S/C15H19N5O/c1-3-20(4-2)15(21)13-9-14(19-11-18-13)17-10-12-5-7-16-8-6-12/h5-9,11H,3-4,10H2,1-2H3,(H,17,18,19). The third-order valence-electron chi connectivity index (χ3n) is 3.16. The van der Waals surface area contributed by atoms with Crippen molar-refractivity contribution in [2.24, 2.45) is 0 Å². The minimum Gasteiger partial charge on any atom is -0.366 e. The number of carbonyl (C=O) groups excluding carboxylic acids is 1. The molecule has 0 aliphatic heterocycles. The van der Waals surface area contributed by atoms with Gasteiger partial charge in [0.2, 0.25) is 0 Å². The smallest absolute Gasteiger partial charge is 0.272 e. The van der Waals surface area contributed by atoms with Crippen LogP contribution < -0.4 is 5.32 Å². The topological polar surface area (TPSA) is 71.0 Å². The van der Waals surface area contributed by atoms with Gasteiger partial charge < -0.3 is 10.2 Å². The summed E-state index contributed by atoms with van der Waals surface area (Å²) in [6.07, 6.45) is 4.89. The maximum Gasteiger partial charge on any atom is 0.272 e. The maximum atomic E-state index is 12.2. The first-order valence-electron chi connectivity index (χ1n) is 6.98. The summed E-state index contributed by atoms with van der Waals surface area (Å²) in [4.78, 5) is 26.1. The van der Waals surface area contributed by atoms with Gasteiger partial charge in [0.25, 0.3) is 5.91 Å². The number of hydrogen-bond acceptors (Lipinski definition) is 5. The molecule has 0 unspecified atom stereocenters.